The first-order valence-electron chi connectivity index (χ1n) is 13.5. The van der Waals surface area contributed by atoms with Gasteiger partial charge in [0, 0.05) is 44.0 Å². The van der Waals surface area contributed by atoms with Crippen LogP contribution in [-0.2, 0) is 28.7 Å². The molecule has 1 aliphatic carbocycles. The number of fused-ring (bicyclic) bond motifs is 3. The summed E-state index contributed by atoms with van der Waals surface area (Å²) < 4.78 is 10.0. The number of hydrogen-bond donors (Lipinski definition) is 2. The molecule has 4 rings (SSSR count). The largest absolute Gasteiger partial charge is 0.534 e. The van der Waals surface area contributed by atoms with Crippen LogP contribution in [0.2, 0.25) is 0 Å². The first-order valence-corrected chi connectivity index (χ1v) is 15.8. The van der Waals surface area contributed by atoms with Crippen molar-refractivity contribution in [3.8, 4) is 11.1 Å². The molecular weight excluding hydrogens is 582 g/mol. The van der Waals surface area contributed by atoms with Gasteiger partial charge in [0.15, 0.2) is 0 Å². The molecule has 13 heteroatoms. The molecule has 0 unspecified atom stereocenters. The van der Waals surface area contributed by atoms with Crippen LogP contribution in [0.5, 0.6) is 0 Å². The lowest BCUT2D eigenvalue weighted by atomic mass is 9.98. The summed E-state index contributed by atoms with van der Waals surface area (Å²) in [5, 5.41) is 5.87. The lowest BCUT2D eigenvalue weighted by Gasteiger charge is -2.22. The number of hydrogen-bond acceptors (Lipinski definition) is 10. The third-order valence-corrected chi connectivity index (χ3v) is 9.73. The molecule has 0 spiro atoms. The summed E-state index contributed by atoms with van der Waals surface area (Å²) in [4.78, 5) is 63.9. The number of ether oxygens (including phenoxy) is 2. The first-order chi connectivity index (χ1) is 20.1. The minimum absolute atomic E-state index is 0.00671. The average Bonchev–Trinajstić information content (AvgIpc) is 3.47. The Morgan fingerprint density at radius 1 is 0.905 bits per heavy atom. The first kappa shape index (κ1) is 31.2. The average molecular weight is 616 g/mol. The van der Waals surface area contributed by atoms with Crippen molar-refractivity contribution in [3.63, 3.8) is 0 Å². The third-order valence-electron chi connectivity index (χ3n) is 6.47. The van der Waals surface area contributed by atoms with E-state index in [2.05, 4.69) is 39.7 Å². The van der Waals surface area contributed by atoms with Crippen LogP contribution < -0.4 is 10.6 Å². The fourth-order valence-electron chi connectivity index (χ4n) is 4.46. The van der Waals surface area contributed by atoms with Crippen LogP contribution in [0.15, 0.2) is 48.5 Å². The van der Waals surface area contributed by atoms with Gasteiger partial charge < -0.3 is 20.1 Å². The van der Waals surface area contributed by atoms with Crippen molar-refractivity contribution in [2.24, 2.45) is 0 Å². The van der Waals surface area contributed by atoms with Crippen LogP contribution in [0.4, 0.5) is 9.59 Å². The van der Waals surface area contributed by atoms with Gasteiger partial charge in [0.1, 0.15) is 13.2 Å². The lowest BCUT2D eigenvalue weighted by Crippen LogP contribution is -2.35. The van der Waals surface area contributed by atoms with Crippen LogP contribution in [0.25, 0.3) is 11.1 Å². The Kier molecular flexibility index (Phi) is 10.7. The topological polar surface area (TPSA) is 140 Å². The smallest absolute Gasteiger partial charge is 0.449 e. The maximum atomic E-state index is 12.3. The second kappa shape index (κ2) is 14.5. The summed E-state index contributed by atoms with van der Waals surface area (Å²) in [6.45, 7) is 4.40. The van der Waals surface area contributed by atoms with E-state index in [1.807, 2.05) is 38.1 Å². The van der Waals surface area contributed by atoms with Crippen molar-refractivity contribution in [3.05, 3.63) is 59.7 Å². The molecular formula is C29H33N3O8S2. The second-order valence-corrected chi connectivity index (χ2v) is 13.4. The monoisotopic (exact) mass is 615 g/mol. The zero-order chi connectivity index (χ0) is 30.1. The Labute approximate surface area is 251 Å². The summed E-state index contributed by atoms with van der Waals surface area (Å²) in [6.07, 6.45) is -1.38. The summed E-state index contributed by atoms with van der Waals surface area (Å²) in [6, 6.07) is 16.2. The minimum Gasteiger partial charge on any atom is -0.449 e. The lowest BCUT2D eigenvalue weighted by molar-refractivity contribution is -0.177. The van der Waals surface area contributed by atoms with Crippen molar-refractivity contribution >= 4 is 51.6 Å². The molecule has 224 valence electrons. The predicted molar refractivity (Wildman–Crippen MR) is 158 cm³/mol. The second-order valence-electron chi connectivity index (χ2n) is 10.2. The van der Waals surface area contributed by atoms with E-state index in [1.54, 1.807) is 0 Å². The molecule has 11 nitrogen and oxygen atoms in total. The number of amides is 4. The molecule has 1 saturated heterocycles. The Bertz CT molecular complexity index is 1270. The fourth-order valence-corrected chi connectivity index (χ4v) is 6.83. The van der Waals surface area contributed by atoms with Crippen LogP contribution >= 0.6 is 21.6 Å². The van der Waals surface area contributed by atoms with Crippen LogP contribution in [0, 0.1) is 0 Å². The molecule has 2 aliphatic rings. The third kappa shape index (κ3) is 8.41. The molecule has 0 bridgehead atoms. The van der Waals surface area contributed by atoms with E-state index >= 15 is 0 Å². The van der Waals surface area contributed by atoms with Gasteiger partial charge in [0.2, 0.25) is 5.91 Å². The van der Waals surface area contributed by atoms with Gasteiger partial charge in [-0.25, -0.2) is 9.59 Å². The molecule has 1 heterocycles. The Morgan fingerprint density at radius 2 is 1.50 bits per heavy atom. The number of carbonyl (C=O) groups excluding carboxylic acids is 5. The van der Waals surface area contributed by atoms with E-state index in [9.17, 15) is 24.0 Å². The highest BCUT2D eigenvalue weighted by Gasteiger charge is 2.34. The predicted octanol–water partition coefficient (Wildman–Crippen LogP) is 4.41. The maximum Gasteiger partial charge on any atom is 0.534 e. The number of carbonyl (C=O) groups is 5. The molecule has 4 amide bonds. The van der Waals surface area contributed by atoms with Crippen molar-refractivity contribution in [1.82, 2.24) is 15.7 Å². The van der Waals surface area contributed by atoms with Gasteiger partial charge in [-0.3, -0.25) is 19.2 Å². The highest BCUT2D eigenvalue weighted by Crippen LogP contribution is 2.44. The summed E-state index contributed by atoms with van der Waals surface area (Å²) >= 11 is 0. The van der Waals surface area contributed by atoms with E-state index < -0.39 is 28.8 Å². The molecule has 2 aromatic carbocycles. The Balaban J connectivity index is 1.05. The zero-order valence-electron chi connectivity index (χ0n) is 23.4. The molecule has 42 heavy (non-hydrogen) atoms. The number of alkyl carbamates (subject to hydrolysis) is 1. The van der Waals surface area contributed by atoms with E-state index in [4.69, 9.17) is 9.47 Å². The van der Waals surface area contributed by atoms with Gasteiger partial charge in [-0.1, -0.05) is 75.2 Å². The van der Waals surface area contributed by atoms with Crippen molar-refractivity contribution < 1.29 is 38.3 Å². The van der Waals surface area contributed by atoms with Gasteiger partial charge >= 0.3 is 12.2 Å². The van der Waals surface area contributed by atoms with Gasteiger partial charge in [0.25, 0.3) is 11.8 Å². The molecule has 2 aromatic rings. The molecule has 2 N–H and O–H groups in total. The number of hydroxylamine groups is 2. The SMILES string of the molecule is CC(C)(COC(=O)ON1C(=O)CCC1=O)SSCCC(=O)NCCNC(=O)OCC1c2ccccc2-c2ccccc21. The van der Waals surface area contributed by atoms with Gasteiger partial charge in [0.05, 0.1) is 4.75 Å². The van der Waals surface area contributed by atoms with Crippen molar-refractivity contribution in [2.75, 3.05) is 32.1 Å². The summed E-state index contributed by atoms with van der Waals surface area (Å²) in [5.74, 6) is -0.814. The van der Waals surface area contributed by atoms with E-state index in [-0.39, 0.29) is 57.4 Å². The van der Waals surface area contributed by atoms with Crippen LogP contribution in [0.3, 0.4) is 0 Å². The maximum absolute atomic E-state index is 12.3. The van der Waals surface area contributed by atoms with Gasteiger partial charge in [-0.15, -0.1) is 0 Å². The molecule has 1 fully saturated rings. The highest BCUT2D eigenvalue weighted by molar-refractivity contribution is 8.77. The summed E-state index contributed by atoms with van der Waals surface area (Å²) in [5.41, 5.74) is 4.60. The number of benzene rings is 2. The van der Waals surface area contributed by atoms with Crippen LogP contribution in [-0.4, -0.2) is 71.8 Å². The zero-order valence-corrected chi connectivity index (χ0v) is 25.0. The molecule has 1 aliphatic heterocycles. The molecule has 0 saturated carbocycles. The van der Waals surface area contributed by atoms with Gasteiger partial charge in [-0.05, 0) is 36.1 Å². The van der Waals surface area contributed by atoms with Crippen molar-refractivity contribution in [1.29, 1.82) is 0 Å². The van der Waals surface area contributed by atoms with Crippen LogP contribution in [0.1, 0.15) is 50.2 Å². The van der Waals surface area contributed by atoms with E-state index in [1.165, 1.54) is 21.6 Å². The highest BCUT2D eigenvalue weighted by atomic mass is 33.1. The minimum atomic E-state index is -1.12. The van der Waals surface area contributed by atoms with Crippen molar-refractivity contribution in [2.45, 2.75) is 43.8 Å². The fraction of sp³-hybridized carbons (Fsp3) is 0.414. The number of imide groups is 1. The Hall–Kier alpha value is -3.71. The number of nitrogens with zero attached hydrogens (tertiary/aromatic N) is 1. The normalized spacial score (nSPS) is 14.3. The number of rotatable bonds is 13. The molecule has 0 aromatic heterocycles. The van der Waals surface area contributed by atoms with Gasteiger partial charge in [-0.2, -0.15) is 0 Å². The number of nitrogens with one attached hydrogen (secondary N) is 2. The summed E-state index contributed by atoms with van der Waals surface area (Å²) in [7, 11) is 2.87. The quantitative estimate of drug-likeness (QED) is 0.144. The molecule has 0 atom stereocenters. The Morgan fingerprint density at radius 3 is 2.14 bits per heavy atom. The standard InChI is InChI=1S/C29H33N3O8S2/c1-29(2,18-39-28(37)40-32-25(34)11-12-26(32)35)42-41-16-13-24(33)30-14-15-31-27(36)38-17-23-21-9-5-3-7-19(21)20-8-4-6-10-22(20)23/h3-10,23H,11-18H2,1-2H3,(H,30,33)(H,31,36). The van der Waals surface area contributed by atoms with E-state index in [0.29, 0.717) is 10.8 Å². The van der Waals surface area contributed by atoms with E-state index in [0.717, 1.165) is 22.3 Å². The molecule has 0 radical (unpaired) electrons.